The van der Waals surface area contributed by atoms with Crippen LogP contribution in [0, 0.1) is 0 Å². The number of allylic oxidation sites excluding steroid dienone is 2. The first-order valence-corrected chi connectivity index (χ1v) is 6.20. The fourth-order valence-electron chi connectivity index (χ4n) is 0.989. The molecule has 15 heavy (non-hydrogen) atoms. The average Bonchev–Trinajstić information content (AvgIpc) is 2.18. The van der Waals surface area contributed by atoms with Gasteiger partial charge in [-0.1, -0.05) is 0 Å². The Morgan fingerprint density at radius 2 is 1.87 bits per heavy atom. The third-order valence-electron chi connectivity index (χ3n) is 1.81. The van der Waals surface area contributed by atoms with Gasteiger partial charge in [0.2, 0.25) is 4.08 Å². The summed E-state index contributed by atoms with van der Waals surface area (Å²) in [5, 5.41) is 0. The fraction of sp³-hybridized carbons (Fsp3) is 0.167. The Kier molecular flexibility index (Phi) is 3.21. The molecule has 0 fully saturated rings. The lowest BCUT2D eigenvalue weighted by Crippen LogP contribution is -2.49. The number of carbonyl (C=O) groups is 1. The minimum absolute atomic E-state index is 0.469. The molecule has 4 N–H and O–H groups in total. The van der Waals surface area contributed by atoms with Gasteiger partial charge >= 0.3 is 0 Å². The largest absolute Gasteiger partial charge is 0.304 e. The summed E-state index contributed by atoms with van der Waals surface area (Å²) in [5.74, 6) is 4.29. The molecule has 0 bridgehead atoms. The number of hydrogen-bond donors (Lipinski definition) is 3. The van der Waals surface area contributed by atoms with Crippen LogP contribution < -0.4 is 10.7 Å². The Bertz CT molecular complexity index is 448. The number of sulfonamides is 1. The molecule has 1 rings (SSSR count). The highest BCUT2D eigenvalue weighted by atomic mass is 32.3. The van der Waals surface area contributed by atoms with Crippen molar-refractivity contribution in [2.75, 3.05) is 0 Å². The lowest BCUT2D eigenvalue weighted by Gasteiger charge is -2.23. The van der Waals surface area contributed by atoms with E-state index in [0.29, 0.717) is 0 Å². The van der Waals surface area contributed by atoms with Crippen LogP contribution in [0.15, 0.2) is 24.3 Å². The SMILES string of the molecule is NNS(=O)(=O)C1(S(=O)O)C=CC(=O)C=C1. The van der Waals surface area contributed by atoms with Crippen molar-refractivity contribution < 1.29 is 22.0 Å². The molecule has 0 aromatic carbocycles. The predicted molar refractivity (Wildman–Crippen MR) is 53.0 cm³/mol. The summed E-state index contributed by atoms with van der Waals surface area (Å²) in [6.07, 6.45) is 3.42. The second kappa shape index (κ2) is 3.94. The predicted octanol–water partition coefficient (Wildman–Crippen LogP) is -1.61. The average molecular weight is 252 g/mol. The van der Waals surface area contributed by atoms with Gasteiger partial charge in [0.15, 0.2) is 16.9 Å². The molecule has 1 atom stereocenters. The lowest BCUT2D eigenvalue weighted by molar-refractivity contribution is -0.110. The Balaban J connectivity index is 3.37. The van der Waals surface area contributed by atoms with E-state index < -0.39 is 31.0 Å². The molecule has 0 radical (unpaired) electrons. The normalized spacial score (nSPS) is 21.6. The first kappa shape index (κ1) is 12.2. The first-order valence-electron chi connectivity index (χ1n) is 3.61. The molecule has 7 nitrogen and oxygen atoms in total. The van der Waals surface area contributed by atoms with E-state index in [0.717, 1.165) is 24.3 Å². The molecule has 9 heteroatoms. The van der Waals surface area contributed by atoms with E-state index in [1.54, 1.807) is 0 Å². The number of hydrogen-bond acceptors (Lipinski definition) is 5. The summed E-state index contributed by atoms with van der Waals surface area (Å²) in [4.78, 5) is 12.2. The van der Waals surface area contributed by atoms with Gasteiger partial charge in [-0.05, 0) is 24.3 Å². The molecule has 0 heterocycles. The monoisotopic (exact) mass is 252 g/mol. The zero-order chi connectivity index (χ0) is 11.7. The highest BCUT2D eigenvalue weighted by Crippen LogP contribution is 2.26. The molecule has 1 aliphatic rings. The van der Waals surface area contributed by atoms with Crippen LogP contribution in [0.3, 0.4) is 0 Å². The number of nitrogens with one attached hydrogen (secondary N) is 1. The van der Waals surface area contributed by atoms with Crippen LogP contribution >= 0.6 is 0 Å². The Morgan fingerprint density at radius 3 is 2.20 bits per heavy atom. The molecule has 0 saturated carbocycles. The van der Waals surface area contributed by atoms with Crippen molar-refractivity contribution in [3.05, 3.63) is 24.3 Å². The molecule has 0 saturated heterocycles. The van der Waals surface area contributed by atoms with Crippen LogP contribution in [-0.2, 0) is 25.9 Å². The van der Waals surface area contributed by atoms with Crippen molar-refractivity contribution in [1.29, 1.82) is 0 Å². The Labute approximate surface area is 88.3 Å². The Morgan fingerprint density at radius 1 is 1.40 bits per heavy atom. The van der Waals surface area contributed by atoms with Crippen molar-refractivity contribution in [2.45, 2.75) is 4.08 Å². The van der Waals surface area contributed by atoms with E-state index in [4.69, 9.17) is 10.4 Å². The summed E-state index contributed by atoms with van der Waals surface area (Å²) < 4.78 is 40.6. The molecular weight excluding hydrogens is 244 g/mol. The first-order chi connectivity index (χ1) is 6.85. The number of hydrazine groups is 1. The van der Waals surface area contributed by atoms with Crippen molar-refractivity contribution in [2.24, 2.45) is 5.84 Å². The van der Waals surface area contributed by atoms with Gasteiger partial charge in [-0.25, -0.2) is 12.6 Å². The molecular formula is C6H8N2O5S2. The van der Waals surface area contributed by atoms with Gasteiger partial charge in [0, 0.05) is 0 Å². The fourth-order valence-corrected chi connectivity index (χ4v) is 2.93. The summed E-state index contributed by atoms with van der Waals surface area (Å²) in [6, 6.07) is 0. The van der Waals surface area contributed by atoms with E-state index in [9.17, 15) is 17.4 Å². The Hall–Kier alpha value is -0.870. The zero-order valence-electron chi connectivity index (χ0n) is 7.28. The zero-order valence-corrected chi connectivity index (χ0v) is 8.92. The number of ketones is 1. The van der Waals surface area contributed by atoms with Gasteiger partial charge in [-0.15, -0.1) is 0 Å². The van der Waals surface area contributed by atoms with Crippen LogP contribution in [0.2, 0.25) is 0 Å². The topological polar surface area (TPSA) is 127 Å². The standard InChI is InChI=1S/C6H8N2O5S2/c7-8-15(12,13)6(14(10)11)3-1-5(9)2-4-6/h1-4,8H,7H2,(H,10,11). The van der Waals surface area contributed by atoms with E-state index in [2.05, 4.69) is 0 Å². The quantitative estimate of drug-likeness (QED) is 0.315. The van der Waals surface area contributed by atoms with Crippen molar-refractivity contribution in [3.63, 3.8) is 0 Å². The number of rotatable bonds is 3. The van der Waals surface area contributed by atoms with Crippen LogP contribution in [0.4, 0.5) is 0 Å². The van der Waals surface area contributed by atoms with Gasteiger partial charge < -0.3 is 4.55 Å². The summed E-state index contributed by atoms with van der Waals surface area (Å²) >= 11 is -2.75. The second-order valence-corrected chi connectivity index (χ2v) is 6.01. The number of nitrogens with two attached hydrogens (primary N) is 1. The van der Waals surface area contributed by atoms with Gasteiger partial charge in [-0.3, -0.25) is 10.6 Å². The third-order valence-corrected chi connectivity index (χ3v) is 5.13. The minimum atomic E-state index is -4.25. The van der Waals surface area contributed by atoms with E-state index >= 15 is 0 Å². The third kappa shape index (κ3) is 1.92. The van der Waals surface area contributed by atoms with E-state index in [-0.39, 0.29) is 0 Å². The maximum Gasteiger partial charge on any atom is 0.251 e. The van der Waals surface area contributed by atoms with Gasteiger partial charge in [0.1, 0.15) is 0 Å². The van der Waals surface area contributed by atoms with Gasteiger partial charge in [0.25, 0.3) is 10.0 Å². The minimum Gasteiger partial charge on any atom is -0.304 e. The van der Waals surface area contributed by atoms with Crippen LogP contribution in [0.25, 0.3) is 0 Å². The van der Waals surface area contributed by atoms with E-state index in [1.165, 1.54) is 4.83 Å². The summed E-state index contributed by atoms with van der Waals surface area (Å²) in [7, 11) is -4.25. The second-order valence-electron chi connectivity index (χ2n) is 2.66. The van der Waals surface area contributed by atoms with Gasteiger partial charge in [-0.2, -0.15) is 4.83 Å². The summed E-state index contributed by atoms with van der Waals surface area (Å²) in [6.45, 7) is 0. The number of carbonyl (C=O) groups excluding carboxylic acids is 1. The highest BCUT2D eigenvalue weighted by Gasteiger charge is 2.46. The van der Waals surface area contributed by atoms with Crippen molar-refractivity contribution >= 4 is 26.9 Å². The molecule has 0 aromatic heterocycles. The summed E-state index contributed by atoms with van der Waals surface area (Å²) in [5.41, 5.74) is 0. The van der Waals surface area contributed by atoms with Gasteiger partial charge in [0.05, 0.1) is 0 Å². The molecule has 0 aliphatic heterocycles. The van der Waals surface area contributed by atoms with Crippen LogP contribution in [0.1, 0.15) is 0 Å². The van der Waals surface area contributed by atoms with Crippen molar-refractivity contribution in [1.82, 2.24) is 4.83 Å². The molecule has 1 aliphatic carbocycles. The van der Waals surface area contributed by atoms with Crippen LogP contribution in [-0.4, -0.2) is 27.0 Å². The maximum atomic E-state index is 11.4. The van der Waals surface area contributed by atoms with E-state index in [1.807, 2.05) is 0 Å². The lowest BCUT2D eigenvalue weighted by atomic mass is 10.2. The maximum absolute atomic E-state index is 11.4. The molecule has 0 aromatic rings. The highest BCUT2D eigenvalue weighted by molar-refractivity contribution is 8.05. The molecule has 1 unspecified atom stereocenters. The van der Waals surface area contributed by atoms with Crippen LogP contribution in [0.5, 0.6) is 0 Å². The van der Waals surface area contributed by atoms with Crippen molar-refractivity contribution in [3.8, 4) is 0 Å². The molecule has 0 amide bonds. The molecule has 84 valence electrons. The smallest absolute Gasteiger partial charge is 0.251 e. The molecule has 0 spiro atoms.